The maximum Gasteiger partial charge on any atom is 0.303 e. The van der Waals surface area contributed by atoms with E-state index >= 15 is 0 Å². The normalized spacial score (nSPS) is 6.76. The molecule has 0 aliphatic rings. The van der Waals surface area contributed by atoms with Gasteiger partial charge in [-0.15, -0.1) is 19.7 Å². The summed E-state index contributed by atoms with van der Waals surface area (Å²) >= 11 is 0. The molecule has 0 atom stereocenters. The van der Waals surface area contributed by atoms with Crippen molar-refractivity contribution in [1.29, 1.82) is 0 Å². The Morgan fingerprint density at radius 2 is 0.882 bits per heavy atom. The number of hydrogen-bond donors (Lipinski definition) is 1. The summed E-state index contributed by atoms with van der Waals surface area (Å²) in [4.78, 5) is 9.37. The van der Waals surface area contributed by atoms with Crippen LogP contribution in [0.5, 0.6) is 0 Å². The number of rotatable bonds is 1. The van der Waals surface area contributed by atoms with Gasteiger partial charge in [0.05, 0.1) is 0 Å². The van der Waals surface area contributed by atoms with Crippen molar-refractivity contribution in [3.63, 3.8) is 0 Å². The van der Waals surface area contributed by atoms with E-state index in [1.54, 1.807) is 6.92 Å². The Bertz CT molecular complexity index is 185. The smallest absolute Gasteiger partial charge is 0.303 e. The van der Waals surface area contributed by atoms with Crippen molar-refractivity contribution >= 4 is 5.97 Å². The minimum atomic E-state index is -0.745. The first kappa shape index (κ1) is 24.8. The Labute approximate surface area is 108 Å². The van der Waals surface area contributed by atoms with Gasteiger partial charge in [-0.05, 0) is 41.5 Å². The van der Waals surface area contributed by atoms with E-state index in [4.69, 9.17) is 5.11 Å². The number of carbonyl (C=O) groups is 1. The molecule has 0 saturated heterocycles. The lowest BCUT2D eigenvalue weighted by Gasteiger charge is -1.71. The fourth-order valence-electron chi connectivity index (χ4n) is 0. The van der Waals surface area contributed by atoms with Crippen LogP contribution in [0.3, 0.4) is 0 Å². The maximum absolute atomic E-state index is 9.37. The van der Waals surface area contributed by atoms with Crippen LogP contribution in [0.1, 0.15) is 54.9 Å². The van der Waals surface area contributed by atoms with Crippen molar-refractivity contribution in [2.45, 2.75) is 54.9 Å². The summed E-state index contributed by atoms with van der Waals surface area (Å²) in [5.41, 5.74) is 3.50. The molecule has 0 fully saturated rings. The molecule has 102 valence electrons. The second kappa shape index (κ2) is 20.1. The van der Waals surface area contributed by atoms with E-state index in [9.17, 15) is 4.79 Å². The van der Waals surface area contributed by atoms with Crippen LogP contribution >= 0.6 is 0 Å². The highest BCUT2D eigenvalue weighted by molar-refractivity contribution is 5.66. The fraction of sp³-hybridized carbons (Fsp3) is 0.533. The van der Waals surface area contributed by atoms with E-state index < -0.39 is 5.97 Å². The molecule has 0 heterocycles. The zero-order chi connectivity index (χ0) is 15.0. The Morgan fingerprint density at radius 3 is 0.882 bits per heavy atom. The van der Waals surface area contributed by atoms with Crippen LogP contribution in [0.25, 0.3) is 0 Å². The minimum Gasteiger partial charge on any atom is -0.481 e. The molecule has 2 nitrogen and oxygen atoms in total. The number of aliphatic carboxylic acids is 1. The van der Waals surface area contributed by atoms with Gasteiger partial charge in [-0.2, -0.15) is 0 Å². The number of carboxylic acid groups (broad SMARTS) is 1. The standard InChI is InChI=1S/3C4H8.C3H6O2/c3*1-4(2)3;1-2-3(4)5/h3*1H2,2-3H3;2H2,1H3,(H,4,5). The molecule has 1 N–H and O–H groups in total. The lowest BCUT2D eigenvalue weighted by atomic mass is 10.4. The average Bonchev–Trinajstić information content (AvgIpc) is 2.00. The molecule has 0 rings (SSSR count). The van der Waals surface area contributed by atoms with Gasteiger partial charge in [0.2, 0.25) is 0 Å². The predicted molar refractivity (Wildman–Crippen MR) is 79.4 cm³/mol. The summed E-state index contributed by atoms with van der Waals surface area (Å²) in [7, 11) is 0. The molecule has 2 heteroatoms. The molecule has 17 heavy (non-hydrogen) atoms. The van der Waals surface area contributed by atoms with Gasteiger partial charge in [0.15, 0.2) is 0 Å². The van der Waals surface area contributed by atoms with Gasteiger partial charge >= 0.3 is 5.97 Å². The van der Waals surface area contributed by atoms with E-state index in [0.717, 1.165) is 0 Å². The topological polar surface area (TPSA) is 37.3 Å². The van der Waals surface area contributed by atoms with E-state index in [1.807, 2.05) is 41.5 Å². The Balaban J connectivity index is -0.0000000667. The highest BCUT2D eigenvalue weighted by Crippen LogP contribution is 1.74. The first-order chi connectivity index (χ1) is 7.47. The first-order valence-corrected chi connectivity index (χ1v) is 5.55. The van der Waals surface area contributed by atoms with Crippen molar-refractivity contribution in [2.75, 3.05) is 0 Å². The van der Waals surface area contributed by atoms with Gasteiger partial charge in [-0.3, -0.25) is 4.79 Å². The van der Waals surface area contributed by atoms with E-state index in [1.165, 1.54) is 16.7 Å². The molecule has 0 bridgehead atoms. The second-order valence-electron chi connectivity index (χ2n) is 4.37. The summed E-state index contributed by atoms with van der Waals surface area (Å²) in [6.45, 7) is 24.1. The van der Waals surface area contributed by atoms with Crippen LogP contribution in [0.4, 0.5) is 0 Å². The molecule has 0 saturated carbocycles. The summed E-state index contributed by atoms with van der Waals surface area (Å²) in [5, 5.41) is 7.72. The Hall–Kier alpha value is -1.31. The third-order valence-electron chi connectivity index (χ3n) is 0.302. The zero-order valence-electron chi connectivity index (χ0n) is 12.7. The molecule has 0 radical (unpaired) electrons. The summed E-state index contributed by atoms with van der Waals surface area (Å²) in [6.07, 6.45) is 0.222. The van der Waals surface area contributed by atoms with E-state index in [2.05, 4.69) is 19.7 Å². The molecule has 0 aliphatic heterocycles. The average molecular weight is 242 g/mol. The van der Waals surface area contributed by atoms with Crippen molar-refractivity contribution in [1.82, 2.24) is 0 Å². The molecule has 0 aromatic carbocycles. The molecular weight excluding hydrogens is 212 g/mol. The third kappa shape index (κ3) is 4970. The van der Waals surface area contributed by atoms with Gasteiger partial charge in [-0.25, -0.2) is 0 Å². The van der Waals surface area contributed by atoms with E-state index in [-0.39, 0.29) is 6.42 Å². The molecule has 0 aromatic rings. The molecule has 0 aliphatic carbocycles. The monoisotopic (exact) mass is 242 g/mol. The van der Waals surface area contributed by atoms with Gasteiger partial charge in [0.1, 0.15) is 0 Å². The quantitative estimate of drug-likeness (QED) is 0.639. The summed E-state index contributed by atoms with van der Waals surface area (Å²) in [6, 6.07) is 0. The lowest BCUT2D eigenvalue weighted by molar-refractivity contribution is -0.136. The number of allylic oxidation sites excluding steroid dienone is 3. The Kier molecular flexibility index (Phi) is 29.4. The second-order valence-corrected chi connectivity index (χ2v) is 4.37. The van der Waals surface area contributed by atoms with Gasteiger partial charge in [0.25, 0.3) is 0 Å². The highest BCUT2D eigenvalue weighted by atomic mass is 16.4. The highest BCUT2D eigenvalue weighted by Gasteiger charge is 1.80. The third-order valence-corrected chi connectivity index (χ3v) is 0.302. The number of carboxylic acids is 1. The van der Waals surface area contributed by atoms with Crippen molar-refractivity contribution in [3.05, 3.63) is 36.5 Å². The van der Waals surface area contributed by atoms with Crippen LogP contribution in [0.2, 0.25) is 0 Å². The van der Waals surface area contributed by atoms with Gasteiger partial charge < -0.3 is 5.11 Å². The zero-order valence-corrected chi connectivity index (χ0v) is 12.7. The molecular formula is C15H30O2. The lowest BCUT2D eigenvalue weighted by Crippen LogP contribution is -1.86. The van der Waals surface area contributed by atoms with Crippen LogP contribution in [-0.2, 0) is 4.79 Å². The van der Waals surface area contributed by atoms with Crippen LogP contribution in [-0.4, -0.2) is 11.1 Å². The van der Waals surface area contributed by atoms with Crippen LogP contribution in [0, 0.1) is 0 Å². The maximum atomic E-state index is 9.37. The SMILES string of the molecule is C=C(C)C.C=C(C)C.C=C(C)C.CCC(=O)O. The van der Waals surface area contributed by atoms with Crippen molar-refractivity contribution < 1.29 is 9.90 Å². The van der Waals surface area contributed by atoms with Gasteiger partial charge in [0, 0.05) is 6.42 Å². The van der Waals surface area contributed by atoms with Crippen molar-refractivity contribution in [3.8, 4) is 0 Å². The largest absolute Gasteiger partial charge is 0.481 e. The Morgan fingerprint density at radius 1 is 0.824 bits per heavy atom. The molecule has 0 aromatic heterocycles. The first-order valence-electron chi connectivity index (χ1n) is 5.55. The molecule has 0 unspecified atom stereocenters. The predicted octanol–water partition coefficient (Wildman–Crippen LogP) is 5.23. The summed E-state index contributed by atoms with van der Waals surface area (Å²) in [5.74, 6) is -0.745. The van der Waals surface area contributed by atoms with E-state index in [0.29, 0.717) is 0 Å². The van der Waals surface area contributed by atoms with Gasteiger partial charge in [-0.1, -0.05) is 23.6 Å². The van der Waals surface area contributed by atoms with Crippen LogP contribution in [0.15, 0.2) is 36.5 Å². The molecule has 0 amide bonds. The number of hydrogen-bond acceptors (Lipinski definition) is 1. The molecule has 0 spiro atoms. The minimum absolute atomic E-state index is 0.222. The van der Waals surface area contributed by atoms with Crippen LogP contribution < -0.4 is 0 Å². The fourth-order valence-corrected chi connectivity index (χ4v) is 0. The summed E-state index contributed by atoms with van der Waals surface area (Å²) < 4.78 is 0. The van der Waals surface area contributed by atoms with Crippen molar-refractivity contribution in [2.24, 2.45) is 0 Å².